The molecule has 2 amide bonds. The molecule has 7 N–H and O–H groups in total. The Labute approximate surface area is 220 Å². The van der Waals surface area contributed by atoms with Gasteiger partial charge in [-0.2, -0.15) is 4.98 Å². The Balaban J connectivity index is 1.76. The highest BCUT2D eigenvalue weighted by Crippen LogP contribution is 2.25. The van der Waals surface area contributed by atoms with Crippen LogP contribution in [0.4, 0.5) is 22.2 Å². The van der Waals surface area contributed by atoms with Crippen molar-refractivity contribution in [3.63, 3.8) is 0 Å². The van der Waals surface area contributed by atoms with Crippen LogP contribution in [0.1, 0.15) is 69.3 Å². The van der Waals surface area contributed by atoms with E-state index in [1.807, 2.05) is 20.8 Å². The summed E-state index contributed by atoms with van der Waals surface area (Å²) < 4.78 is 5.41. The predicted octanol–water partition coefficient (Wildman–Crippen LogP) is 4.62. The Bertz CT molecular complexity index is 1160. The quantitative estimate of drug-likeness (QED) is 0.223. The zero-order valence-corrected chi connectivity index (χ0v) is 22.3. The van der Waals surface area contributed by atoms with Crippen LogP contribution in [0, 0.1) is 10.8 Å². The summed E-state index contributed by atoms with van der Waals surface area (Å²) in [6.07, 6.45) is 4.48. The minimum Gasteiger partial charge on any atom is -0.444 e. The third-order valence-electron chi connectivity index (χ3n) is 5.50. The first-order valence-electron chi connectivity index (χ1n) is 12.0. The van der Waals surface area contributed by atoms with E-state index in [1.165, 1.54) is 6.20 Å². The first-order valence-corrected chi connectivity index (χ1v) is 12.8. The zero-order chi connectivity index (χ0) is 27.2. The lowest BCUT2D eigenvalue weighted by atomic mass is 9.90. The van der Waals surface area contributed by atoms with Crippen LogP contribution in [0.2, 0.25) is 0 Å². The molecule has 0 bridgehead atoms. The number of anilines is 3. The number of primary amides is 1. The molecule has 0 spiro atoms. The average Bonchev–Trinajstić information content (AvgIpc) is 2.79. The van der Waals surface area contributed by atoms with E-state index in [0.29, 0.717) is 22.2 Å². The van der Waals surface area contributed by atoms with Gasteiger partial charge in [-0.1, -0.05) is 36.7 Å². The topological polar surface area (TPSA) is 179 Å². The molecule has 2 aromatic rings. The number of thioether (sulfide) groups is 1. The van der Waals surface area contributed by atoms with Crippen molar-refractivity contribution in [2.75, 3.05) is 10.6 Å². The summed E-state index contributed by atoms with van der Waals surface area (Å²) in [6, 6.07) is 6.73. The normalized spacial score (nSPS) is 17.4. The molecule has 0 unspecified atom stereocenters. The van der Waals surface area contributed by atoms with Crippen molar-refractivity contribution in [3.8, 4) is 0 Å². The van der Waals surface area contributed by atoms with Crippen molar-refractivity contribution < 1.29 is 14.3 Å². The molecule has 12 heteroatoms. The second kappa shape index (κ2) is 12.0. The summed E-state index contributed by atoms with van der Waals surface area (Å²) in [5.74, 6) is -0.135. The number of ether oxygens (including phenoxy) is 1. The first kappa shape index (κ1) is 27.9. The van der Waals surface area contributed by atoms with Crippen molar-refractivity contribution in [3.05, 3.63) is 41.6 Å². The molecule has 1 fully saturated rings. The number of nitrogens with zero attached hydrogens (tertiary/aromatic N) is 2. The number of nitrogens with one attached hydrogen (secondary N) is 5. The van der Waals surface area contributed by atoms with Gasteiger partial charge in [0.2, 0.25) is 5.95 Å². The highest BCUT2D eigenvalue weighted by atomic mass is 32.2. The van der Waals surface area contributed by atoms with Crippen LogP contribution in [-0.2, 0) is 4.74 Å². The molecule has 1 aromatic carbocycles. The number of rotatable bonds is 7. The maximum Gasteiger partial charge on any atom is 0.407 e. The van der Waals surface area contributed by atoms with E-state index in [4.69, 9.17) is 21.3 Å². The Morgan fingerprint density at radius 3 is 2.35 bits per heavy atom. The Kier molecular flexibility index (Phi) is 9.09. The Morgan fingerprint density at radius 1 is 1.11 bits per heavy atom. The smallest absolute Gasteiger partial charge is 0.407 e. The standard InChI is InChI=1S/C25H34N8O3S/c1-14(26)37-21(28)15-9-11-16(12-10-15)30-22-17(20(27)34)13-29-23(33-22)31-18-7-5-6-8-19(18)32-24(35)36-25(2,3)4/h9-13,18-19,26,28H,5-8H2,1-4H3,(H2,27,34)(H,32,35)(H2,29,30,31,33)/t18-,19+/m1/s1. The van der Waals surface area contributed by atoms with E-state index in [1.54, 1.807) is 31.2 Å². The summed E-state index contributed by atoms with van der Waals surface area (Å²) in [6.45, 7) is 7.09. The van der Waals surface area contributed by atoms with E-state index in [2.05, 4.69) is 25.9 Å². The van der Waals surface area contributed by atoms with Crippen molar-refractivity contribution in [1.29, 1.82) is 10.8 Å². The van der Waals surface area contributed by atoms with Gasteiger partial charge in [-0.25, -0.2) is 9.78 Å². The first-order chi connectivity index (χ1) is 17.4. The van der Waals surface area contributed by atoms with Gasteiger partial charge in [0.1, 0.15) is 22.0 Å². The molecule has 3 rings (SSSR count). The molecule has 198 valence electrons. The van der Waals surface area contributed by atoms with Crippen LogP contribution in [0.15, 0.2) is 30.5 Å². The van der Waals surface area contributed by atoms with Crippen LogP contribution in [-0.4, -0.2) is 49.7 Å². The number of carbonyl (C=O) groups excluding carboxylic acids is 2. The number of aromatic nitrogens is 2. The highest BCUT2D eigenvalue weighted by Gasteiger charge is 2.29. The van der Waals surface area contributed by atoms with Crippen molar-refractivity contribution in [1.82, 2.24) is 15.3 Å². The highest BCUT2D eigenvalue weighted by molar-refractivity contribution is 8.26. The molecule has 2 atom stereocenters. The maximum absolute atomic E-state index is 12.3. The summed E-state index contributed by atoms with van der Waals surface area (Å²) >= 11 is 1.07. The minimum atomic E-state index is -0.674. The molecule has 37 heavy (non-hydrogen) atoms. The van der Waals surface area contributed by atoms with E-state index >= 15 is 0 Å². The molecular weight excluding hydrogens is 492 g/mol. The third-order valence-corrected chi connectivity index (χ3v) is 6.25. The fourth-order valence-electron chi connectivity index (χ4n) is 3.88. The number of carbonyl (C=O) groups is 2. The second-order valence-corrected chi connectivity index (χ2v) is 11.0. The molecule has 1 aliphatic carbocycles. The fraction of sp³-hybridized carbons (Fsp3) is 0.440. The van der Waals surface area contributed by atoms with Crippen molar-refractivity contribution in [2.45, 2.75) is 71.1 Å². The number of alkyl carbamates (subject to hydrolysis) is 1. The van der Waals surface area contributed by atoms with Gasteiger partial charge >= 0.3 is 6.09 Å². The number of hydrogen-bond acceptors (Lipinski definition) is 10. The van der Waals surface area contributed by atoms with Crippen LogP contribution in [0.25, 0.3) is 0 Å². The predicted molar refractivity (Wildman–Crippen MR) is 147 cm³/mol. The van der Waals surface area contributed by atoms with Gasteiger partial charge in [0, 0.05) is 23.5 Å². The van der Waals surface area contributed by atoms with E-state index < -0.39 is 17.6 Å². The van der Waals surface area contributed by atoms with Gasteiger partial charge < -0.3 is 26.4 Å². The minimum absolute atomic E-state index is 0.117. The molecule has 1 aliphatic rings. The van der Waals surface area contributed by atoms with E-state index in [0.717, 1.165) is 37.4 Å². The number of amides is 2. The Morgan fingerprint density at radius 2 is 1.76 bits per heavy atom. The second-order valence-electron chi connectivity index (χ2n) is 9.80. The van der Waals surface area contributed by atoms with Gasteiger partial charge in [-0.05, 0) is 52.7 Å². The summed E-state index contributed by atoms with van der Waals surface area (Å²) in [7, 11) is 0. The molecule has 11 nitrogen and oxygen atoms in total. The van der Waals surface area contributed by atoms with Crippen molar-refractivity contribution in [2.24, 2.45) is 5.73 Å². The molecule has 1 saturated carbocycles. The molecular formula is C25H34N8O3S. The largest absolute Gasteiger partial charge is 0.444 e. The molecule has 0 aliphatic heterocycles. The maximum atomic E-state index is 12.3. The summed E-state index contributed by atoms with van der Waals surface area (Å²) in [5, 5.41) is 25.6. The number of nitrogens with two attached hydrogens (primary N) is 1. The van der Waals surface area contributed by atoms with E-state index in [9.17, 15) is 9.59 Å². The molecule has 0 saturated heterocycles. The number of hydrogen-bond donors (Lipinski definition) is 6. The zero-order valence-electron chi connectivity index (χ0n) is 21.5. The Hall–Kier alpha value is -3.67. The van der Waals surface area contributed by atoms with Crippen LogP contribution >= 0.6 is 11.8 Å². The van der Waals surface area contributed by atoms with Crippen LogP contribution in [0.3, 0.4) is 0 Å². The van der Waals surface area contributed by atoms with Gasteiger partial charge in [0.15, 0.2) is 0 Å². The van der Waals surface area contributed by atoms with Gasteiger partial charge in [-0.3, -0.25) is 15.6 Å². The lowest BCUT2D eigenvalue weighted by Gasteiger charge is -2.33. The molecule has 1 aromatic heterocycles. The summed E-state index contributed by atoms with van der Waals surface area (Å²) in [5.41, 5.74) is 6.40. The van der Waals surface area contributed by atoms with Crippen molar-refractivity contribution >= 4 is 51.3 Å². The third kappa shape index (κ3) is 8.45. The summed E-state index contributed by atoms with van der Waals surface area (Å²) in [4.78, 5) is 33.1. The average molecular weight is 527 g/mol. The van der Waals surface area contributed by atoms with Gasteiger partial charge in [0.25, 0.3) is 5.91 Å². The van der Waals surface area contributed by atoms with Crippen LogP contribution < -0.4 is 21.7 Å². The van der Waals surface area contributed by atoms with Gasteiger partial charge in [0.05, 0.1) is 11.1 Å². The lowest BCUT2D eigenvalue weighted by Crippen LogP contribution is -2.50. The van der Waals surface area contributed by atoms with Gasteiger partial charge in [-0.15, -0.1) is 0 Å². The lowest BCUT2D eigenvalue weighted by molar-refractivity contribution is 0.0488. The fourth-order valence-corrected chi connectivity index (χ4v) is 4.44. The number of benzene rings is 1. The molecule has 1 heterocycles. The van der Waals surface area contributed by atoms with E-state index in [-0.39, 0.29) is 28.5 Å². The van der Waals surface area contributed by atoms with Crippen LogP contribution in [0.5, 0.6) is 0 Å². The SMILES string of the molecule is CC(=N)SC(=N)c1ccc(Nc2nc(N[C@@H]3CCCC[C@@H]3NC(=O)OC(C)(C)C)ncc2C(N)=O)cc1. The molecule has 0 radical (unpaired) electrons. The monoisotopic (exact) mass is 526 g/mol.